The molecule has 1 saturated heterocycles. The van der Waals surface area contributed by atoms with Crippen LogP contribution in [0, 0.1) is 0 Å². The summed E-state index contributed by atoms with van der Waals surface area (Å²) in [6.45, 7) is 6.11. The second kappa shape index (κ2) is 10.5. The zero-order chi connectivity index (χ0) is 26.6. The molecule has 1 aliphatic rings. The number of anilines is 1. The maximum Gasteiger partial charge on any atom is 0.408 e. The Bertz CT molecular complexity index is 1260. The van der Waals surface area contributed by atoms with Crippen molar-refractivity contribution in [1.82, 2.24) is 25.6 Å². The van der Waals surface area contributed by atoms with Gasteiger partial charge in [-0.05, 0) is 45.2 Å². The van der Waals surface area contributed by atoms with Gasteiger partial charge in [0.05, 0.1) is 12.5 Å². The first-order chi connectivity index (χ1) is 17.6. The molecule has 0 bridgehead atoms. The van der Waals surface area contributed by atoms with Crippen molar-refractivity contribution in [3.05, 3.63) is 54.5 Å². The molecule has 2 amide bonds. The highest BCUT2D eigenvalue weighted by Gasteiger charge is 2.45. The number of methoxy groups -OCH3 is 1. The average Bonchev–Trinajstić information content (AvgIpc) is 3.36. The lowest BCUT2D eigenvalue weighted by molar-refractivity contribution is -0.146. The van der Waals surface area contributed by atoms with Gasteiger partial charge in [0, 0.05) is 19.3 Å². The Labute approximate surface area is 214 Å². The number of aromatic nitrogens is 3. The number of carbonyl (C=O) groups is 3. The van der Waals surface area contributed by atoms with Gasteiger partial charge >= 0.3 is 12.1 Å². The Morgan fingerprint density at radius 3 is 2.43 bits per heavy atom. The minimum atomic E-state index is -1.32. The maximum absolute atomic E-state index is 13.8. The maximum atomic E-state index is 13.8. The molecule has 0 radical (unpaired) electrons. The highest BCUT2D eigenvalue weighted by Crippen LogP contribution is 2.30. The number of alkyl carbamates (subject to hydrolysis) is 1. The first-order valence-corrected chi connectivity index (χ1v) is 12.1. The third-order valence-corrected chi connectivity index (χ3v) is 6.27. The molecule has 1 aliphatic heterocycles. The van der Waals surface area contributed by atoms with Gasteiger partial charge in [-0.15, -0.1) is 0 Å². The van der Waals surface area contributed by atoms with Gasteiger partial charge in [0.2, 0.25) is 5.91 Å². The van der Waals surface area contributed by atoms with Crippen molar-refractivity contribution >= 4 is 34.8 Å². The Balaban J connectivity index is 1.60. The van der Waals surface area contributed by atoms with Gasteiger partial charge in [-0.2, -0.15) is 0 Å². The van der Waals surface area contributed by atoms with Gasteiger partial charge in [-0.25, -0.2) is 19.6 Å². The van der Waals surface area contributed by atoms with E-state index in [0.29, 0.717) is 18.7 Å². The van der Waals surface area contributed by atoms with E-state index < -0.39 is 35.2 Å². The Morgan fingerprint density at radius 1 is 1.08 bits per heavy atom. The average molecular weight is 509 g/mol. The third kappa shape index (κ3) is 5.82. The number of benzene rings is 1. The van der Waals surface area contributed by atoms with E-state index >= 15 is 0 Å². The van der Waals surface area contributed by atoms with Crippen LogP contribution in [0.2, 0.25) is 0 Å². The third-order valence-electron chi connectivity index (χ3n) is 6.27. The number of hydrogen-bond acceptors (Lipinski definition) is 8. The number of nitrogens with one attached hydrogen (secondary N) is 3. The molecule has 3 aromatic rings. The summed E-state index contributed by atoms with van der Waals surface area (Å²) in [7, 11) is 1.26. The number of H-pyrrole nitrogens is 1. The minimum absolute atomic E-state index is 0.261. The Kier molecular flexibility index (Phi) is 7.33. The number of esters is 1. The van der Waals surface area contributed by atoms with E-state index in [1.54, 1.807) is 51.2 Å². The van der Waals surface area contributed by atoms with Crippen LogP contribution in [-0.2, 0) is 19.1 Å². The summed E-state index contributed by atoms with van der Waals surface area (Å²) in [6.07, 6.45) is 3.10. The van der Waals surface area contributed by atoms with Crippen molar-refractivity contribution < 1.29 is 23.9 Å². The summed E-state index contributed by atoms with van der Waals surface area (Å²) in [4.78, 5) is 53.1. The van der Waals surface area contributed by atoms with Crippen LogP contribution < -0.4 is 15.5 Å². The molecular formula is C26H32N6O5. The fourth-order valence-electron chi connectivity index (χ4n) is 4.43. The summed E-state index contributed by atoms with van der Waals surface area (Å²) in [5.41, 5.74) is -0.773. The highest BCUT2D eigenvalue weighted by molar-refractivity contribution is 5.94. The molecule has 11 nitrogen and oxygen atoms in total. The van der Waals surface area contributed by atoms with E-state index in [4.69, 9.17) is 9.47 Å². The van der Waals surface area contributed by atoms with Gasteiger partial charge in [-0.1, -0.05) is 30.3 Å². The van der Waals surface area contributed by atoms with Gasteiger partial charge < -0.3 is 30.0 Å². The lowest BCUT2D eigenvalue weighted by Gasteiger charge is -2.42. The SMILES string of the molecule is COC(=O)[C@@H](NC(=O)C1(NC(=O)OC(C)(C)C)CCN(c2ncnc3[nH]ccc23)CC1)c1ccccc1. The van der Waals surface area contributed by atoms with Crippen LogP contribution >= 0.6 is 0 Å². The largest absolute Gasteiger partial charge is 0.467 e. The molecule has 196 valence electrons. The molecule has 11 heteroatoms. The quantitative estimate of drug-likeness (QED) is 0.432. The van der Waals surface area contributed by atoms with Gasteiger partial charge in [0.1, 0.15) is 28.9 Å². The number of hydrogen-bond donors (Lipinski definition) is 3. The van der Waals surface area contributed by atoms with Gasteiger partial charge in [0.25, 0.3) is 0 Å². The van der Waals surface area contributed by atoms with Crippen molar-refractivity contribution in [2.45, 2.75) is 50.8 Å². The number of rotatable bonds is 6. The van der Waals surface area contributed by atoms with Crippen molar-refractivity contribution in [3.63, 3.8) is 0 Å². The van der Waals surface area contributed by atoms with Crippen LogP contribution in [0.5, 0.6) is 0 Å². The van der Waals surface area contributed by atoms with Crippen LogP contribution in [0.4, 0.5) is 10.6 Å². The van der Waals surface area contributed by atoms with Crippen molar-refractivity contribution in [2.75, 3.05) is 25.1 Å². The molecule has 2 aromatic heterocycles. The number of fused-ring (bicyclic) bond motifs is 1. The fraction of sp³-hybridized carbons (Fsp3) is 0.423. The fourth-order valence-corrected chi connectivity index (χ4v) is 4.43. The minimum Gasteiger partial charge on any atom is -0.467 e. The van der Waals surface area contributed by atoms with Crippen LogP contribution in [0.15, 0.2) is 48.9 Å². The Hall–Kier alpha value is -4.15. The number of piperidine rings is 1. The van der Waals surface area contributed by atoms with Crippen molar-refractivity contribution in [2.24, 2.45) is 0 Å². The second-order valence-corrected chi connectivity index (χ2v) is 9.97. The van der Waals surface area contributed by atoms with Crippen LogP contribution in [0.1, 0.15) is 45.2 Å². The van der Waals surface area contributed by atoms with Gasteiger partial charge in [0.15, 0.2) is 6.04 Å². The number of ether oxygens (including phenoxy) is 2. The summed E-state index contributed by atoms with van der Waals surface area (Å²) in [5, 5.41) is 6.50. The first kappa shape index (κ1) is 25.9. The molecule has 4 rings (SSSR count). The van der Waals surface area contributed by atoms with E-state index in [-0.39, 0.29) is 12.8 Å². The molecule has 1 aromatic carbocycles. The molecule has 3 N–H and O–H groups in total. The van der Waals surface area contributed by atoms with Crippen LogP contribution in [0.25, 0.3) is 11.0 Å². The van der Waals surface area contributed by atoms with E-state index in [1.807, 2.05) is 12.1 Å². The molecule has 37 heavy (non-hydrogen) atoms. The van der Waals surface area contributed by atoms with E-state index in [2.05, 4.69) is 30.5 Å². The Morgan fingerprint density at radius 2 is 1.78 bits per heavy atom. The van der Waals surface area contributed by atoms with Crippen LogP contribution in [0.3, 0.4) is 0 Å². The van der Waals surface area contributed by atoms with Crippen LogP contribution in [-0.4, -0.2) is 64.3 Å². The molecule has 0 spiro atoms. The second-order valence-electron chi connectivity index (χ2n) is 9.97. The molecule has 3 heterocycles. The predicted octanol–water partition coefficient (Wildman–Crippen LogP) is 2.85. The molecule has 1 atom stereocenters. The number of amides is 2. The van der Waals surface area contributed by atoms with E-state index in [1.165, 1.54) is 13.4 Å². The summed E-state index contributed by atoms with van der Waals surface area (Å²) in [6, 6.07) is 9.69. The highest BCUT2D eigenvalue weighted by atomic mass is 16.6. The monoisotopic (exact) mass is 508 g/mol. The first-order valence-electron chi connectivity index (χ1n) is 12.1. The summed E-state index contributed by atoms with van der Waals surface area (Å²) >= 11 is 0. The predicted molar refractivity (Wildman–Crippen MR) is 137 cm³/mol. The molecule has 1 fully saturated rings. The zero-order valence-electron chi connectivity index (χ0n) is 21.4. The van der Waals surface area contributed by atoms with Gasteiger partial charge in [-0.3, -0.25) is 4.79 Å². The normalized spacial score (nSPS) is 16.1. The molecule has 0 unspecified atom stereocenters. The van der Waals surface area contributed by atoms with Crippen molar-refractivity contribution in [3.8, 4) is 0 Å². The standard InChI is InChI=1S/C26H32N6O5/c1-25(2,3)37-24(35)31-26(23(34)30-19(22(33)36-4)17-8-6-5-7-9-17)11-14-32(15-12-26)21-18-10-13-27-20(18)28-16-29-21/h5-10,13,16,19H,11-12,14-15H2,1-4H3,(H,30,34)(H,31,35)(H,27,28,29)/t19-/m0/s1. The number of aromatic amines is 1. The summed E-state index contributed by atoms with van der Waals surface area (Å²) < 4.78 is 10.4. The number of carbonyl (C=O) groups excluding carboxylic acids is 3. The lowest BCUT2D eigenvalue weighted by atomic mass is 9.85. The lowest BCUT2D eigenvalue weighted by Crippen LogP contribution is -2.64. The van der Waals surface area contributed by atoms with Crippen molar-refractivity contribution in [1.29, 1.82) is 0 Å². The molecular weight excluding hydrogens is 476 g/mol. The zero-order valence-corrected chi connectivity index (χ0v) is 21.4. The molecule has 0 aliphatic carbocycles. The molecule has 0 saturated carbocycles. The summed E-state index contributed by atoms with van der Waals surface area (Å²) in [5.74, 6) is -0.360. The number of nitrogens with zero attached hydrogens (tertiary/aromatic N) is 3. The van der Waals surface area contributed by atoms with E-state index in [9.17, 15) is 14.4 Å². The smallest absolute Gasteiger partial charge is 0.408 e. The topological polar surface area (TPSA) is 139 Å². The van der Waals surface area contributed by atoms with E-state index in [0.717, 1.165) is 16.9 Å².